The Labute approximate surface area is 586 Å². The fourth-order valence-corrected chi connectivity index (χ4v) is 26.6. The maximum absolute atomic E-state index is 13.2. The minimum Gasteiger partial charge on any atom is -0.412 e. The van der Waals surface area contributed by atoms with E-state index in [1.54, 1.807) is 20.8 Å². The minimum atomic E-state index is -4.54. The molecule has 11 fully saturated rings. The number of aliphatic hydroxyl groups is 7. The Bertz CT molecular complexity index is 2450. The van der Waals surface area contributed by atoms with Gasteiger partial charge in [0.15, 0.2) is 18.3 Å². The predicted molar refractivity (Wildman–Crippen MR) is 357 cm³/mol. The molecule has 0 aliphatic heterocycles. The average molecular weight is 1480 g/mol. The molecule has 0 saturated heterocycles. The Balaban J connectivity index is 0.000000252. The molecule has 0 heterocycles. The molecule has 12 aliphatic carbocycles. The minimum absolute atomic E-state index is 0. The van der Waals surface area contributed by atoms with Crippen molar-refractivity contribution in [3.63, 3.8) is 0 Å². The summed E-state index contributed by atoms with van der Waals surface area (Å²) in [6.07, 6.45) is 10.2. The van der Waals surface area contributed by atoms with E-state index in [1.807, 2.05) is 0 Å². The summed E-state index contributed by atoms with van der Waals surface area (Å²) >= 11 is 0. The van der Waals surface area contributed by atoms with Crippen LogP contribution in [-0.4, -0.2) is 107 Å². The van der Waals surface area contributed by atoms with Gasteiger partial charge in [-0.05, 0) is 319 Å². The first-order chi connectivity index (χ1) is 42.6. The molecule has 0 amide bonds. The number of fused-ring (bicyclic) bond motifs is 15. The molecule has 11 saturated carbocycles. The summed E-state index contributed by atoms with van der Waals surface area (Å²) in [5, 5.41) is 69.6. The van der Waals surface area contributed by atoms with E-state index in [9.17, 15) is 70.2 Å². The van der Waals surface area contributed by atoms with Crippen molar-refractivity contribution in [3.05, 3.63) is 11.6 Å². The van der Waals surface area contributed by atoms with Crippen LogP contribution in [0, 0.1) is 133 Å². The zero-order chi connectivity index (χ0) is 68.3. The molecule has 0 spiro atoms. The SMILES string of the molecule is C.CC[C@]1(O)CC[C@@]2(C)C(=CC[C@H]3[C@@H]4CC[C@H]([C@H](C)[C@H](O)C(F)(F)F)[C@@]4(C)CC[C@@H]32)C1.CC[C@]1(O)CC[C@@]2(C)[C@@H](CC[C@@H]3[C@@H]2CC[C@]2(C)[C@@H]([C@H](C)[C@H](O)C(F)(F)F)CC[C@@H]32)C1.CC[C@]1(O)CC[C@@]2(C)[C@H](CC[C@@H]3[C@@H]2CC[C@]2(C)[C@@H]([C@H](C)[C@H](O)C(F)(F)F)CC[C@@H]32)C1.CO.O.O.[Pd]. The number of hydrogen-bond donors (Lipinski definition) is 7. The molecule has 12 aliphatic rings. The van der Waals surface area contributed by atoms with Gasteiger partial charge in [0.1, 0.15) is 0 Å². The summed E-state index contributed by atoms with van der Waals surface area (Å²) in [4.78, 5) is 0. The van der Waals surface area contributed by atoms with E-state index in [0.29, 0.717) is 65.1 Å². The molecule has 29 atom stereocenters. The van der Waals surface area contributed by atoms with E-state index in [-0.39, 0.29) is 89.0 Å². The van der Waals surface area contributed by atoms with Gasteiger partial charge in [-0.2, -0.15) is 39.5 Å². The maximum atomic E-state index is 13.2. The van der Waals surface area contributed by atoms with Gasteiger partial charge in [0, 0.05) is 27.5 Å². The maximum Gasteiger partial charge on any atom is 0.414 e. The second-order valence-corrected chi connectivity index (χ2v) is 35.6. The van der Waals surface area contributed by atoms with E-state index in [1.165, 1.54) is 5.57 Å². The number of rotatable bonds is 9. The van der Waals surface area contributed by atoms with Gasteiger partial charge in [0.25, 0.3) is 0 Å². The van der Waals surface area contributed by atoms with Crippen LogP contribution in [0.5, 0.6) is 0 Å². The Kier molecular flexibility index (Phi) is 27.3. The normalized spacial score (nSPS) is 46.9. The molecule has 11 N–H and O–H groups in total. The molecule has 19 heteroatoms. The summed E-state index contributed by atoms with van der Waals surface area (Å²) in [5.74, 6) is 3.68. The average Bonchev–Trinajstić information content (AvgIpc) is 1.38. The summed E-state index contributed by atoms with van der Waals surface area (Å²) in [6, 6.07) is 0. The van der Waals surface area contributed by atoms with Crippen molar-refractivity contribution in [2.45, 2.75) is 330 Å². The molecule has 568 valence electrons. The quantitative estimate of drug-likeness (QED) is 0.0675. The molecule has 96 heavy (non-hydrogen) atoms. The third kappa shape index (κ3) is 15.0. The van der Waals surface area contributed by atoms with Gasteiger partial charge in [0.2, 0.25) is 0 Å². The largest absolute Gasteiger partial charge is 0.414 e. The van der Waals surface area contributed by atoms with Gasteiger partial charge in [-0.3, -0.25) is 0 Å². The van der Waals surface area contributed by atoms with E-state index in [4.69, 9.17) is 5.11 Å². The molecular formula is C77H133F9O9Pd. The van der Waals surface area contributed by atoms with E-state index in [0.717, 1.165) is 193 Å². The van der Waals surface area contributed by atoms with E-state index in [2.05, 4.69) is 68.4 Å². The Morgan fingerprint density at radius 3 is 1.03 bits per heavy atom. The zero-order valence-electron chi connectivity index (χ0n) is 60.0. The standard InChI is InChI=1S/2C25H41F3O2.C25H39F3O2.CH4O.CH4.2H2O.Pd/c3*1-5-24(30)13-12-22(3)16(14-24)6-7-17-19-9-8-18(15(2)21(29)25(26,27)28)23(19,4)11-10-20(17)22;1-2;;;;/h2*15-21,29-30H,5-14H2,1-4H3;6,15,17-21,29-30H,5,7-14H2,1-4H3;2H,1H3;1H4;2*1H2;/t15-,16+,17-,18+,19-,20-,21-,22-,23+,24-;15-,16-,17-,18+,19-,20-,21-,22-,23+,24-;15-,17-,18+,19-,20-,21-,22-,23+,24-;;;;;/m000...../s1. The van der Waals surface area contributed by atoms with Gasteiger partial charge in [-0.1, -0.05) is 102 Å². The smallest absolute Gasteiger partial charge is 0.412 e. The number of aliphatic hydroxyl groups excluding tert-OH is 4. The van der Waals surface area contributed by atoms with Gasteiger partial charge in [-0.25, -0.2) is 0 Å². The topological polar surface area (TPSA) is 205 Å². The van der Waals surface area contributed by atoms with Gasteiger partial charge in [-0.15, -0.1) is 0 Å². The first-order valence-corrected chi connectivity index (χ1v) is 37.1. The van der Waals surface area contributed by atoms with Gasteiger partial charge in [0.05, 0.1) is 16.8 Å². The van der Waals surface area contributed by atoms with Crippen molar-refractivity contribution in [1.29, 1.82) is 0 Å². The van der Waals surface area contributed by atoms with Crippen LogP contribution in [0.25, 0.3) is 0 Å². The monoisotopic (exact) mass is 1480 g/mol. The Morgan fingerprint density at radius 2 is 0.708 bits per heavy atom. The number of halogens is 9. The number of alkyl halides is 9. The van der Waals surface area contributed by atoms with Crippen LogP contribution in [0.1, 0.15) is 277 Å². The third-order valence-corrected chi connectivity index (χ3v) is 32.5. The molecule has 0 aromatic carbocycles. The predicted octanol–water partition coefficient (Wildman–Crippen LogP) is 17.5. The van der Waals surface area contributed by atoms with E-state index >= 15 is 0 Å². The van der Waals surface area contributed by atoms with Gasteiger partial charge >= 0.3 is 18.5 Å². The zero-order valence-corrected chi connectivity index (χ0v) is 61.5. The summed E-state index contributed by atoms with van der Waals surface area (Å²) in [5.41, 5.74) is 0.227. The molecule has 9 nitrogen and oxygen atoms in total. The van der Waals surface area contributed by atoms with Crippen molar-refractivity contribution in [2.24, 2.45) is 133 Å². The molecule has 0 bridgehead atoms. The van der Waals surface area contributed by atoms with Crippen LogP contribution in [0.4, 0.5) is 39.5 Å². The Morgan fingerprint density at radius 1 is 0.406 bits per heavy atom. The summed E-state index contributed by atoms with van der Waals surface area (Å²) in [7, 11) is 1.00. The van der Waals surface area contributed by atoms with Crippen molar-refractivity contribution in [1.82, 2.24) is 0 Å². The summed E-state index contributed by atoms with van der Waals surface area (Å²) in [6.45, 7) is 25.1. The number of hydrogen-bond acceptors (Lipinski definition) is 7. The molecule has 0 aromatic rings. The Hall–Kier alpha value is -0.588. The van der Waals surface area contributed by atoms with Gasteiger partial charge < -0.3 is 46.7 Å². The van der Waals surface area contributed by atoms with Crippen LogP contribution in [-0.2, 0) is 20.4 Å². The fraction of sp³-hybridized carbons (Fsp3) is 0.974. The van der Waals surface area contributed by atoms with Crippen LogP contribution in [0.3, 0.4) is 0 Å². The third-order valence-electron chi connectivity index (χ3n) is 32.5. The first kappa shape index (κ1) is 86.1. The second kappa shape index (κ2) is 30.5. The van der Waals surface area contributed by atoms with Crippen molar-refractivity contribution in [2.75, 3.05) is 7.11 Å². The fourth-order valence-electron chi connectivity index (χ4n) is 26.6. The van der Waals surface area contributed by atoms with Crippen LogP contribution >= 0.6 is 0 Å². The van der Waals surface area contributed by atoms with Crippen LogP contribution in [0.15, 0.2) is 11.6 Å². The molecular weight excluding hydrogens is 1350 g/mol. The molecule has 0 aromatic heterocycles. The molecule has 0 unspecified atom stereocenters. The van der Waals surface area contributed by atoms with Crippen molar-refractivity contribution in [3.8, 4) is 0 Å². The summed E-state index contributed by atoms with van der Waals surface area (Å²) < 4.78 is 119. The number of allylic oxidation sites excluding steroid dienone is 1. The van der Waals surface area contributed by atoms with Crippen molar-refractivity contribution >= 4 is 0 Å². The second-order valence-electron chi connectivity index (χ2n) is 35.6. The van der Waals surface area contributed by atoms with Crippen LogP contribution < -0.4 is 0 Å². The van der Waals surface area contributed by atoms with Crippen molar-refractivity contribution < 1.29 is 107 Å². The molecule has 0 radical (unpaired) electrons. The van der Waals surface area contributed by atoms with E-state index < -0.39 is 71.4 Å². The van der Waals surface area contributed by atoms with Crippen LogP contribution in [0.2, 0.25) is 0 Å². The molecule has 12 rings (SSSR count). The first-order valence-electron chi connectivity index (χ1n) is 37.1.